The van der Waals surface area contributed by atoms with Gasteiger partial charge in [-0.25, -0.2) is 0 Å². The van der Waals surface area contributed by atoms with E-state index in [1.54, 1.807) is 26.3 Å². The van der Waals surface area contributed by atoms with Crippen LogP contribution in [0.3, 0.4) is 0 Å². The third-order valence-corrected chi connectivity index (χ3v) is 7.83. The summed E-state index contributed by atoms with van der Waals surface area (Å²) < 4.78 is 32.5. The molecule has 0 N–H and O–H groups in total. The van der Waals surface area contributed by atoms with E-state index in [1.165, 1.54) is 21.2 Å². The minimum absolute atomic E-state index is 0.100. The highest BCUT2D eigenvalue weighted by Gasteiger charge is 2.31. The summed E-state index contributed by atoms with van der Waals surface area (Å²) in [7, 11) is 3.41. The Labute approximate surface area is 191 Å². The molecular formula is C24H33N3O4S. The van der Waals surface area contributed by atoms with E-state index in [2.05, 4.69) is 18.0 Å². The van der Waals surface area contributed by atoms with Crippen molar-refractivity contribution in [1.82, 2.24) is 9.21 Å². The monoisotopic (exact) mass is 459 g/mol. The Morgan fingerprint density at radius 2 is 1.84 bits per heavy atom. The van der Waals surface area contributed by atoms with Gasteiger partial charge in [0, 0.05) is 39.2 Å². The van der Waals surface area contributed by atoms with Gasteiger partial charge in [-0.1, -0.05) is 18.2 Å². The third-order valence-electron chi connectivity index (χ3n) is 6.02. The number of ether oxygens (including phenoxy) is 1. The number of likely N-dealkylation sites (N-methyl/N-ethyl adjacent to an activating group) is 1. The van der Waals surface area contributed by atoms with E-state index in [1.807, 2.05) is 24.3 Å². The van der Waals surface area contributed by atoms with Crippen LogP contribution in [0.5, 0.6) is 5.75 Å². The molecule has 1 aliphatic heterocycles. The van der Waals surface area contributed by atoms with Crippen molar-refractivity contribution in [3.8, 4) is 5.75 Å². The number of Topliss-reactive ketones (excluding diaryl/α,β-unsaturated/α-hetero) is 1. The number of ketones is 1. The number of methoxy groups -OCH3 is 1. The fraction of sp³-hybridized carbons (Fsp3) is 0.458. The molecule has 7 nitrogen and oxygen atoms in total. The maximum absolute atomic E-state index is 12.7. The molecule has 0 aliphatic carbocycles. The molecule has 0 radical (unpaired) electrons. The lowest BCUT2D eigenvalue weighted by molar-refractivity contribution is 0.0978. The summed E-state index contributed by atoms with van der Waals surface area (Å²) in [5.74, 6) is 1.02. The van der Waals surface area contributed by atoms with Crippen LogP contribution in [0.2, 0.25) is 0 Å². The van der Waals surface area contributed by atoms with E-state index in [0.717, 1.165) is 43.7 Å². The molecule has 0 aromatic heterocycles. The first-order chi connectivity index (χ1) is 15.2. The molecule has 2 aromatic carbocycles. The van der Waals surface area contributed by atoms with Gasteiger partial charge in [0.2, 0.25) is 0 Å². The Kier molecular flexibility index (Phi) is 7.92. The van der Waals surface area contributed by atoms with Gasteiger partial charge in [0.15, 0.2) is 5.78 Å². The van der Waals surface area contributed by atoms with Crippen LogP contribution in [0.25, 0.3) is 0 Å². The number of anilines is 1. The smallest absolute Gasteiger partial charge is 0.303 e. The lowest BCUT2D eigenvalue weighted by atomic mass is 10.0. The highest BCUT2D eigenvalue weighted by molar-refractivity contribution is 7.90. The van der Waals surface area contributed by atoms with Crippen molar-refractivity contribution in [2.24, 2.45) is 0 Å². The second-order valence-corrected chi connectivity index (χ2v) is 10.4. The van der Waals surface area contributed by atoms with Crippen LogP contribution in [0.15, 0.2) is 42.5 Å². The van der Waals surface area contributed by atoms with Crippen molar-refractivity contribution in [3.05, 3.63) is 59.2 Å². The highest BCUT2D eigenvalue weighted by Crippen LogP contribution is 2.31. The molecule has 8 heteroatoms. The van der Waals surface area contributed by atoms with E-state index in [0.29, 0.717) is 17.7 Å². The maximum Gasteiger partial charge on any atom is 0.303 e. The first-order valence-corrected chi connectivity index (χ1v) is 12.3. The van der Waals surface area contributed by atoms with Crippen LogP contribution in [0.4, 0.5) is 5.69 Å². The summed E-state index contributed by atoms with van der Waals surface area (Å²) in [6, 6.07) is 13.4. The van der Waals surface area contributed by atoms with Crippen molar-refractivity contribution < 1.29 is 17.9 Å². The number of nitrogens with zero attached hydrogens (tertiary/aromatic N) is 3. The van der Waals surface area contributed by atoms with E-state index >= 15 is 0 Å². The normalized spacial score (nSPS) is 15.6. The number of unbranched alkanes of at least 4 members (excludes halogenated alkanes) is 1. The van der Waals surface area contributed by atoms with Crippen LogP contribution in [0.1, 0.15) is 40.7 Å². The second-order valence-electron chi connectivity index (χ2n) is 8.32. The molecule has 0 saturated carbocycles. The number of para-hydroxylation sites is 1. The number of carbonyl (C=O) groups is 1. The maximum atomic E-state index is 12.7. The molecule has 1 heterocycles. The molecule has 1 aliphatic rings. The highest BCUT2D eigenvalue weighted by atomic mass is 32.2. The van der Waals surface area contributed by atoms with Gasteiger partial charge in [-0.05, 0) is 68.2 Å². The minimum atomic E-state index is -3.47. The van der Waals surface area contributed by atoms with E-state index in [-0.39, 0.29) is 12.3 Å². The van der Waals surface area contributed by atoms with Gasteiger partial charge < -0.3 is 9.64 Å². The summed E-state index contributed by atoms with van der Waals surface area (Å²) in [5, 5.41) is 0. The molecule has 32 heavy (non-hydrogen) atoms. The van der Waals surface area contributed by atoms with E-state index in [4.69, 9.17) is 4.74 Å². The standard InChI is InChI=1S/C24H33N3O4S/c1-25(16-14-19-9-5-6-11-24(19)31-4)15-8-7-10-23(28)20-12-13-22-21(17-20)18-26(2)32(29,30)27(22)3/h5-6,9,11-13,17H,7-8,10,14-16,18H2,1-4H3. The molecule has 0 spiro atoms. The number of rotatable bonds is 10. The summed E-state index contributed by atoms with van der Waals surface area (Å²) in [4.78, 5) is 15.0. The SMILES string of the molecule is COc1ccccc1CCN(C)CCCCC(=O)c1ccc2c(c1)CN(C)S(=O)(=O)N2C. The molecule has 3 rings (SSSR count). The quantitative estimate of drug-likeness (QED) is 0.403. The number of hydrogen-bond acceptors (Lipinski definition) is 5. The van der Waals surface area contributed by atoms with Crippen LogP contribution in [-0.2, 0) is 23.2 Å². The third kappa shape index (κ3) is 5.49. The van der Waals surface area contributed by atoms with Gasteiger partial charge >= 0.3 is 10.2 Å². The average Bonchev–Trinajstić information content (AvgIpc) is 2.79. The summed E-state index contributed by atoms with van der Waals surface area (Å²) >= 11 is 0. The van der Waals surface area contributed by atoms with Crippen LogP contribution in [-0.4, -0.2) is 64.7 Å². The Hall–Kier alpha value is -2.42. The largest absolute Gasteiger partial charge is 0.496 e. The molecule has 0 unspecified atom stereocenters. The molecular weight excluding hydrogens is 426 g/mol. The average molecular weight is 460 g/mol. The Morgan fingerprint density at radius 3 is 2.59 bits per heavy atom. The zero-order valence-corrected chi connectivity index (χ0v) is 20.2. The zero-order chi connectivity index (χ0) is 23.3. The first kappa shape index (κ1) is 24.2. The Bertz CT molecular complexity index is 1050. The van der Waals surface area contributed by atoms with Gasteiger partial charge in [0.05, 0.1) is 12.8 Å². The van der Waals surface area contributed by atoms with Crippen LogP contribution >= 0.6 is 0 Å². The van der Waals surface area contributed by atoms with Crippen LogP contribution < -0.4 is 9.04 Å². The lowest BCUT2D eigenvalue weighted by Crippen LogP contribution is -2.43. The van der Waals surface area contributed by atoms with Gasteiger partial charge in [-0.2, -0.15) is 12.7 Å². The zero-order valence-electron chi connectivity index (χ0n) is 19.4. The fourth-order valence-electron chi connectivity index (χ4n) is 3.99. The van der Waals surface area contributed by atoms with Gasteiger partial charge in [-0.15, -0.1) is 0 Å². The fourth-order valence-corrected chi connectivity index (χ4v) is 5.14. The topological polar surface area (TPSA) is 70.2 Å². The van der Waals surface area contributed by atoms with Gasteiger partial charge in [0.1, 0.15) is 5.75 Å². The van der Waals surface area contributed by atoms with Crippen molar-refractivity contribution >= 4 is 21.7 Å². The molecule has 0 amide bonds. The Balaban J connectivity index is 1.46. The van der Waals surface area contributed by atoms with Gasteiger partial charge in [-0.3, -0.25) is 9.10 Å². The lowest BCUT2D eigenvalue weighted by Gasteiger charge is -2.33. The molecule has 0 bridgehead atoms. The van der Waals surface area contributed by atoms with Crippen LogP contribution in [0, 0.1) is 0 Å². The van der Waals surface area contributed by atoms with Crippen molar-refractivity contribution in [3.63, 3.8) is 0 Å². The predicted octanol–water partition coefficient (Wildman–Crippen LogP) is 3.35. The number of fused-ring (bicyclic) bond motifs is 1. The summed E-state index contributed by atoms with van der Waals surface area (Å²) in [6.07, 6.45) is 3.18. The van der Waals surface area contributed by atoms with Crippen molar-refractivity contribution in [1.29, 1.82) is 0 Å². The summed E-state index contributed by atoms with van der Waals surface area (Å²) in [5.41, 5.74) is 3.34. The number of carbonyl (C=O) groups excluding carboxylic acids is 1. The Morgan fingerprint density at radius 1 is 1.09 bits per heavy atom. The van der Waals surface area contributed by atoms with E-state index < -0.39 is 10.2 Å². The molecule has 0 saturated heterocycles. The first-order valence-electron chi connectivity index (χ1n) is 10.9. The molecule has 174 valence electrons. The minimum Gasteiger partial charge on any atom is -0.496 e. The number of hydrogen-bond donors (Lipinski definition) is 0. The molecule has 2 aromatic rings. The van der Waals surface area contributed by atoms with Crippen molar-refractivity contribution in [2.45, 2.75) is 32.2 Å². The summed E-state index contributed by atoms with van der Waals surface area (Å²) in [6.45, 7) is 2.14. The second kappa shape index (κ2) is 10.5. The number of benzene rings is 2. The van der Waals surface area contributed by atoms with Gasteiger partial charge in [0.25, 0.3) is 0 Å². The molecule has 0 fully saturated rings. The predicted molar refractivity (Wildman–Crippen MR) is 128 cm³/mol. The van der Waals surface area contributed by atoms with Crippen molar-refractivity contribution in [2.75, 3.05) is 45.6 Å². The van der Waals surface area contributed by atoms with E-state index in [9.17, 15) is 13.2 Å². The molecule has 0 atom stereocenters.